The van der Waals surface area contributed by atoms with Crippen LogP contribution in [0.3, 0.4) is 0 Å². The van der Waals surface area contributed by atoms with Gasteiger partial charge in [0, 0.05) is 25.0 Å². The zero-order valence-corrected chi connectivity index (χ0v) is 12.5. The van der Waals surface area contributed by atoms with Crippen LogP contribution in [0.2, 0.25) is 0 Å². The predicted octanol–water partition coefficient (Wildman–Crippen LogP) is 3.77. The molecule has 21 heavy (non-hydrogen) atoms. The number of rotatable bonds is 4. The summed E-state index contributed by atoms with van der Waals surface area (Å²) in [5.41, 5.74) is 2.37. The number of nitrogens with zero attached hydrogens (tertiary/aromatic N) is 3. The van der Waals surface area contributed by atoms with Crippen molar-refractivity contribution in [2.75, 3.05) is 23.3 Å². The maximum Gasteiger partial charge on any atom is 0.229 e. The molecule has 2 heterocycles. The molecule has 0 unspecified atom stereocenters. The quantitative estimate of drug-likeness (QED) is 0.926. The lowest BCUT2D eigenvalue weighted by Gasteiger charge is -2.27. The van der Waals surface area contributed by atoms with Crippen LogP contribution in [0.4, 0.5) is 17.5 Å². The van der Waals surface area contributed by atoms with Gasteiger partial charge in [0.15, 0.2) is 0 Å². The SMILES string of the molecule is CCc1ccc(Nc2nccc(N3CCCCC3)n2)cc1. The molecule has 110 valence electrons. The highest BCUT2D eigenvalue weighted by Crippen LogP contribution is 2.20. The first-order valence-corrected chi connectivity index (χ1v) is 7.79. The maximum atomic E-state index is 4.64. The van der Waals surface area contributed by atoms with Gasteiger partial charge in [-0.25, -0.2) is 4.98 Å². The summed E-state index contributed by atoms with van der Waals surface area (Å²) in [5, 5.41) is 3.29. The molecule has 1 aliphatic rings. The van der Waals surface area contributed by atoms with E-state index in [1.807, 2.05) is 12.3 Å². The van der Waals surface area contributed by atoms with Gasteiger partial charge in [0.05, 0.1) is 0 Å². The number of hydrogen-bond acceptors (Lipinski definition) is 4. The molecule has 1 N–H and O–H groups in total. The molecular formula is C17H22N4. The molecule has 4 nitrogen and oxygen atoms in total. The van der Waals surface area contributed by atoms with E-state index in [4.69, 9.17) is 0 Å². The van der Waals surface area contributed by atoms with E-state index in [2.05, 4.69) is 51.4 Å². The third kappa shape index (κ3) is 3.51. The molecule has 0 spiro atoms. The van der Waals surface area contributed by atoms with Crippen molar-refractivity contribution in [2.45, 2.75) is 32.6 Å². The molecule has 1 aromatic heterocycles. The molecule has 0 saturated carbocycles. The lowest BCUT2D eigenvalue weighted by molar-refractivity contribution is 0.573. The Balaban J connectivity index is 1.72. The molecule has 1 fully saturated rings. The molecule has 0 atom stereocenters. The second kappa shape index (κ2) is 6.57. The molecule has 1 aliphatic heterocycles. The van der Waals surface area contributed by atoms with Crippen LogP contribution < -0.4 is 10.2 Å². The molecule has 0 radical (unpaired) electrons. The van der Waals surface area contributed by atoms with Crippen molar-refractivity contribution in [3.8, 4) is 0 Å². The number of anilines is 3. The van der Waals surface area contributed by atoms with Crippen molar-refractivity contribution in [3.05, 3.63) is 42.1 Å². The lowest BCUT2D eigenvalue weighted by Crippen LogP contribution is -2.30. The summed E-state index contributed by atoms with van der Waals surface area (Å²) in [6.45, 7) is 4.36. The highest BCUT2D eigenvalue weighted by molar-refractivity contribution is 5.55. The van der Waals surface area contributed by atoms with E-state index in [9.17, 15) is 0 Å². The van der Waals surface area contributed by atoms with Crippen molar-refractivity contribution in [1.82, 2.24) is 9.97 Å². The Morgan fingerprint density at radius 3 is 2.52 bits per heavy atom. The van der Waals surface area contributed by atoms with Crippen LogP contribution in [0.1, 0.15) is 31.7 Å². The van der Waals surface area contributed by atoms with E-state index in [-0.39, 0.29) is 0 Å². The predicted molar refractivity (Wildman–Crippen MR) is 87.2 cm³/mol. The van der Waals surface area contributed by atoms with Gasteiger partial charge in [-0.1, -0.05) is 19.1 Å². The van der Waals surface area contributed by atoms with E-state index in [1.54, 1.807) is 0 Å². The van der Waals surface area contributed by atoms with Crippen molar-refractivity contribution >= 4 is 17.5 Å². The average Bonchev–Trinajstić information content (AvgIpc) is 2.57. The van der Waals surface area contributed by atoms with Gasteiger partial charge in [-0.15, -0.1) is 0 Å². The molecule has 3 rings (SSSR count). The van der Waals surface area contributed by atoms with Gasteiger partial charge < -0.3 is 10.2 Å². The van der Waals surface area contributed by atoms with Gasteiger partial charge >= 0.3 is 0 Å². The monoisotopic (exact) mass is 282 g/mol. The summed E-state index contributed by atoms with van der Waals surface area (Å²) in [6, 6.07) is 10.4. The van der Waals surface area contributed by atoms with E-state index < -0.39 is 0 Å². The van der Waals surface area contributed by atoms with Crippen LogP contribution in [0, 0.1) is 0 Å². The third-order valence-electron chi connectivity index (χ3n) is 3.94. The molecule has 2 aromatic rings. The summed E-state index contributed by atoms with van der Waals surface area (Å²) in [6.07, 6.45) is 6.73. The van der Waals surface area contributed by atoms with Crippen LogP contribution >= 0.6 is 0 Å². The Labute approximate surface area is 126 Å². The largest absolute Gasteiger partial charge is 0.356 e. The summed E-state index contributed by atoms with van der Waals surface area (Å²) < 4.78 is 0. The molecule has 1 saturated heterocycles. The number of aromatic nitrogens is 2. The van der Waals surface area contributed by atoms with Crippen molar-refractivity contribution < 1.29 is 0 Å². The second-order valence-corrected chi connectivity index (χ2v) is 5.46. The van der Waals surface area contributed by atoms with Gasteiger partial charge in [-0.3, -0.25) is 0 Å². The summed E-state index contributed by atoms with van der Waals surface area (Å²) in [4.78, 5) is 11.3. The van der Waals surface area contributed by atoms with Gasteiger partial charge in [0.25, 0.3) is 0 Å². The normalized spacial score (nSPS) is 15.0. The fourth-order valence-electron chi connectivity index (χ4n) is 2.66. The maximum absolute atomic E-state index is 4.64. The van der Waals surface area contributed by atoms with E-state index >= 15 is 0 Å². The first-order chi connectivity index (χ1) is 10.3. The Hall–Kier alpha value is -2.10. The summed E-state index contributed by atoms with van der Waals surface area (Å²) >= 11 is 0. The molecule has 1 aromatic carbocycles. The lowest BCUT2D eigenvalue weighted by atomic mass is 10.1. The van der Waals surface area contributed by atoms with Crippen LogP contribution in [0.5, 0.6) is 0 Å². The van der Waals surface area contributed by atoms with Crippen LogP contribution in [0.25, 0.3) is 0 Å². The van der Waals surface area contributed by atoms with E-state index in [0.717, 1.165) is 31.0 Å². The highest BCUT2D eigenvalue weighted by Gasteiger charge is 2.12. The Kier molecular flexibility index (Phi) is 4.34. The van der Waals surface area contributed by atoms with E-state index in [0.29, 0.717) is 5.95 Å². The average molecular weight is 282 g/mol. The standard InChI is InChI=1S/C17H22N4/c1-2-14-6-8-15(9-7-14)19-17-18-11-10-16(20-17)21-12-4-3-5-13-21/h6-11H,2-5,12-13H2,1H3,(H,18,19,20). The van der Waals surface area contributed by atoms with Crippen molar-refractivity contribution in [1.29, 1.82) is 0 Å². The van der Waals surface area contributed by atoms with Crippen LogP contribution in [0.15, 0.2) is 36.5 Å². The Morgan fingerprint density at radius 2 is 1.81 bits per heavy atom. The summed E-state index contributed by atoms with van der Waals surface area (Å²) in [7, 11) is 0. The number of benzene rings is 1. The molecule has 4 heteroatoms. The Morgan fingerprint density at radius 1 is 1.05 bits per heavy atom. The Bertz CT molecular complexity index is 574. The van der Waals surface area contributed by atoms with Crippen molar-refractivity contribution in [3.63, 3.8) is 0 Å². The van der Waals surface area contributed by atoms with E-state index in [1.165, 1.54) is 24.8 Å². The first kappa shape index (κ1) is 13.9. The number of piperidine rings is 1. The molecule has 0 amide bonds. The minimum atomic E-state index is 0.669. The second-order valence-electron chi connectivity index (χ2n) is 5.46. The molecular weight excluding hydrogens is 260 g/mol. The third-order valence-corrected chi connectivity index (χ3v) is 3.94. The highest BCUT2D eigenvalue weighted by atomic mass is 15.2. The van der Waals surface area contributed by atoms with Crippen LogP contribution in [-0.4, -0.2) is 23.1 Å². The van der Waals surface area contributed by atoms with Crippen molar-refractivity contribution in [2.24, 2.45) is 0 Å². The van der Waals surface area contributed by atoms with Crippen LogP contribution in [-0.2, 0) is 6.42 Å². The smallest absolute Gasteiger partial charge is 0.229 e. The van der Waals surface area contributed by atoms with Gasteiger partial charge in [0.2, 0.25) is 5.95 Å². The zero-order chi connectivity index (χ0) is 14.5. The fourth-order valence-corrected chi connectivity index (χ4v) is 2.66. The van der Waals surface area contributed by atoms with Gasteiger partial charge in [0.1, 0.15) is 5.82 Å². The number of hydrogen-bond donors (Lipinski definition) is 1. The number of aryl methyl sites for hydroxylation is 1. The molecule has 0 bridgehead atoms. The first-order valence-electron chi connectivity index (χ1n) is 7.79. The summed E-state index contributed by atoms with van der Waals surface area (Å²) in [5.74, 6) is 1.69. The topological polar surface area (TPSA) is 41.1 Å². The zero-order valence-electron chi connectivity index (χ0n) is 12.5. The number of nitrogens with one attached hydrogen (secondary N) is 1. The fraction of sp³-hybridized carbons (Fsp3) is 0.412. The van der Waals surface area contributed by atoms with Gasteiger partial charge in [-0.05, 0) is 49.4 Å². The minimum absolute atomic E-state index is 0.669. The molecule has 0 aliphatic carbocycles. The van der Waals surface area contributed by atoms with Gasteiger partial charge in [-0.2, -0.15) is 4.98 Å². The minimum Gasteiger partial charge on any atom is -0.356 e.